The van der Waals surface area contributed by atoms with Crippen LogP contribution in [0.1, 0.15) is 19.8 Å². The molecule has 0 bridgehead atoms. The van der Waals surface area contributed by atoms with Gasteiger partial charge < -0.3 is 24.0 Å². The van der Waals surface area contributed by atoms with Crippen molar-refractivity contribution in [2.45, 2.75) is 19.8 Å². The van der Waals surface area contributed by atoms with Crippen LogP contribution >= 0.6 is 0 Å². The predicted octanol–water partition coefficient (Wildman–Crippen LogP) is 1.50. The fourth-order valence-corrected chi connectivity index (χ4v) is 4.06. The maximum Gasteiger partial charge on any atom is 0.325 e. The van der Waals surface area contributed by atoms with Gasteiger partial charge in [0.2, 0.25) is 5.91 Å². The number of hydrogen-bond acceptors (Lipinski definition) is 6. The highest BCUT2D eigenvalue weighted by atomic mass is 16.6. The Bertz CT molecular complexity index is 821. The zero-order chi connectivity index (χ0) is 21.1. The molecule has 0 radical (unpaired) electrons. The Balaban J connectivity index is 1.31. The van der Waals surface area contributed by atoms with Crippen molar-refractivity contribution < 1.29 is 28.6 Å². The molecular formula is C21H27N3O6. The van der Waals surface area contributed by atoms with Crippen LogP contribution in [0.25, 0.3) is 0 Å². The van der Waals surface area contributed by atoms with Gasteiger partial charge in [0.1, 0.15) is 19.8 Å². The van der Waals surface area contributed by atoms with Crippen molar-refractivity contribution in [3.63, 3.8) is 0 Å². The molecule has 162 valence electrons. The number of anilines is 1. The number of carbonyl (C=O) groups is 3. The van der Waals surface area contributed by atoms with Gasteiger partial charge in [0.05, 0.1) is 12.5 Å². The van der Waals surface area contributed by atoms with E-state index in [1.54, 1.807) is 33.8 Å². The number of nitrogens with zero attached hydrogens (tertiary/aromatic N) is 3. The minimum Gasteiger partial charge on any atom is -0.486 e. The normalized spacial score (nSPS) is 19.2. The van der Waals surface area contributed by atoms with Crippen molar-refractivity contribution in [3.8, 4) is 11.5 Å². The van der Waals surface area contributed by atoms with Crippen LogP contribution in [-0.4, -0.2) is 80.3 Å². The number of likely N-dealkylation sites (tertiary alicyclic amines) is 1. The first kappa shape index (κ1) is 20.3. The zero-order valence-corrected chi connectivity index (χ0v) is 17.2. The molecule has 9 nitrogen and oxygen atoms in total. The Morgan fingerprint density at radius 1 is 1.07 bits per heavy atom. The van der Waals surface area contributed by atoms with Crippen molar-refractivity contribution in [2.24, 2.45) is 5.92 Å². The molecule has 1 aromatic rings. The molecule has 0 aromatic heterocycles. The van der Waals surface area contributed by atoms with E-state index in [-0.39, 0.29) is 30.4 Å². The number of esters is 1. The van der Waals surface area contributed by atoms with E-state index in [0.29, 0.717) is 70.3 Å². The third kappa shape index (κ3) is 4.15. The molecule has 0 spiro atoms. The number of amides is 3. The summed E-state index contributed by atoms with van der Waals surface area (Å²) < 4.78 is 16.2. The molecule has 0 atom stereocenters. The van der Waals surface area contributed by atoms with E-state index in [1.165, 1.54) is 0 Å². The first-order valence-electron chi connectivity index (χ1n) is 10.5. The van der Waals surface area contributed by atoms with Gasteiger partial charge in [0, 0.05) is 37.9 Å². The molecule has 1 aromatic carbocycles. The largest absolute Gasteiger partial charge is 0.486 e. The summed E-state index contributed by atoms with van der Waals surface area (Å²) in [5, 5.41) is 0. The van der Waals surface area contributed by atoms with Crippen LogP contribution < -0.4 is 14.4 Å². The van der Waals surface area contributed by atoms with E-state index < -0.39 is 0 Å². The van der Waals surface area contributed by atoms with E-state index in [9.17, 15) is 14.4 Å². The van der Waals surface area contributed by atoms with Crippen molar-refractivity contribution in [2.75, 3.05) is 57.4 Å². The molecule has 2 saturated heterocycles. The molecular weight excluding hydrogens is 390 g/mol. The molecule has 0 unspecified atom stereocenters. The van der Waals surface area contributed by atoms with Crippen LogP contribution in [0.3, 0.4) is 0 Å². The molecule has 9 heteroatoms. The first-order chi connectivity index (χ1) is 14.6. The highest BCUT2D eigenvalue weighted by molar-refractivity contribution is 5.96. The molecule has 2 fully saturated rings. The van der Waals surface area contributed by atoms with Crippen molar-refractivity contribution >= 4 is 23.6 Å². The monoisotopic (exact) mass is 417 g/mol. The van der Waals surface area contributed by atoms with Crippen LogP contribution in [0.2, 0.25) is 0 Å². The quantitative estimate of drug-likeness (QED) is 0.675. The molecule has 4 rings (SSSR count). The van der Waals surface area contributed by atoms with Gasteiger partial charge in [-0.05, 0) is 31.9 Å². The van der Waals surface area contributed by atoms with E-state index >= 15 is 0 Å². The van der Waals surface area contributed by atoms with Gasteiger partial charge in [-0.1, -0.05) is 0 Å². The van der Waals surface area contributed by atoms with Gasteiger partial charge in [0.15, 0.2) is 11.5 Å². The van der Waals surface area contributed by atoms with Crippen LogP contribution in [0, 0.1) is 5.92 Å². The summed E-state index contributed by atoms with van der Waals surface area (Å²) >= 11 is 0. The van der Waals surface area contributed by atoms with Crippen LogP contribution in [0.4, 0.5) is 10.5 Å². The molecule has 3 heterocycles. The van der Waals surface area contributed by atoms with Crippen LogP contribution in [0.5, 0.6) is 11.5 Å². The van der Waals surface area contributed by atoms with Gasteiger partial charge in [-0.3, -0.25) is 14.5 Å². The number of urea groups is 1. The SMILES string of the molecule is CCOC(=O)C1CCN(C(=O)CN2CCN(c3ccc4c(c3)OCCO4)C2=O)CC1. The van der Waals surface area contributed by atoms with Crippen molar-refractivity contribution in [3.05, 3.63) is 18.2 Å². The maximum absolute atomic E-state index is 12.9. The van der Waals surface area contributed by atoms with Gasteiger partial charge in [-0.25, -0.2) is 4.79 Å². The van der Waals surface area contributed by atoms with E-state index in [0.717, 1.165) is 5.69 Å². The molecule has 3 amide bonds. The standard InChI is InChI=1S/C21H27N3O6/c1-2-28-20(26)15-5-7-22(8-6-15)19(25)14-23-9-10-24(21(23)27)16-3-4-17-18(13-16)30-12-11-29-17/h3-4,13,15H,2,5-12,14H2,1H3. The average molecular weight is 417 g/mol. The summed E-state index contributed by atoms with van der Waals surface area (Å²) in [5.41, 5.74) is 0.731. The molecule has 0 aliphatic carbocycles. The average Bonchev–Trinajstić information content (AvgIpc) is 3.13. The maximum atomic E-state index is 12.9. The number of ether oxygens (including phenoxy) is 3. The van der Waals surface area contributed by atoms with Gasteiger partial charge in [0.25, 0.3) is 0 Å². The minimum atomic E-state index is -0.193. The lowest BCUT2D eigenvalue weighted by Gasteiger charge is -2.32. The van der Waals surface area contributed by atoms with Crippen molar-refractivity contribution in [1.29, 1.82) is 0 Å². The third-order valence-electron chi connectivity index (χ3n) is 5.73. The Labute approximate surface area is 175 Å². The number of benzene rings is 1. The van der Waals surface area contributed by atoms with Gasteiger partial charge in [-0.15, -0.1) is 0 Å². The first-order valence-corrected chi connectivity index (χ1v) is 10.5. The van der Waals surface area contributed by atoms with E-state index in [4.69, 9.17) is 14.2 Å². The van der Waals surface area contributed by atoms with Crippen LogP contribution in [-0.2, 0) is 14.3 Å². The minimum absolute atomic E-state index is 0.0456. The molecule has 3 aliphatic heterocycles. The second-order valence-electron chi connectivity index (χ2n) is 7.59. The highest BCUT2D eigenvalue weighted by Crippen LogP contribution is 2.35. The molecule has 3 aliphatic rings. The summed E-state index contributed by atoms with van der Waals surface area (Å²) in [4.78, 5) is 42.4. The number of fused-ring (bicyclic) bond motifs is 1. The fourth-order valence-electron chi connectivity index (χ4n) is 4.06. The van der Waals surface area contributed by atoms with Gasteiger partial charge in [-0.2, -0.15) is 0 Å². The Kier molecular flexibility index (Phi) is 5.96. The predicted molar refractivity (Wildman–Crippen MR) is 108 cm³/mol. The summed E-state index contributed by atoms with van der Waals surface area (Å²) in [6.45, 7) is 5.22. The van der Waals surface area contributed by atoms with E-state index in [2.05, 4.69) is 0 Å². The van der Waals surface area contributed by atoms with Crippen LogP contribution in [0.15, 0.2) is 18.2 Å². The summed E-state index contributed by atoms with van der Waals surface area (Å²) in [5.74, 6) is 0.887. The zero-order valence-electron chi connectivity index (χ0n) is 17.2. The molecule has 30 heavy (non-hydrogen) atoms. The highest BCUT2D eigenvalue weighted by Gasteiger charge is 2.34. The molecule has 0 saturated carbocycles. The fraction of sp³-hybridized carbons (Fsp3) is 0.571. The number of hydrogen-bond donors (Lipinski definition) is 0. The third-order valence-corrected chi connectivity index (χ3v) is 5.73. The van der Waals surface area contributed by atoms with Gasteiger partial charge >= 0.3 is 12.0 Å². The second-order valence-corrected chi connectivity index (χ2v) is 7.59. The Morgan fingerprint density at radius 2 is 1.80 bits per heavy atom. The lowest BCUT2D eigenvalue weighted by atomic mass is 9.97. The lowest BCUT2D eigenvalue weighted by Crippen LogP contribution is -2.46. The lowest BCUT2D eigenvalue weighted by molar-refractivity contribution is -0.151. The summed E-state index contributed by atoms with van der Waals surface area (Å²) in [6, 6.07) is 5.24. The second kappa shape index (κ2) is 8.81. The summed E-state index contributed by atoms with van der Waals surface area (Å²) in [6.07, 6.45) is 1.20. The number of rotatable bonds is 5. The Morgan fingerprint density at radius 3 is 2.53 bits per heavy atom. The van der Waals surface area contributed by atoms with E-state index in [1.807, 2.05) is 6.07 Å². The number of carbonyl (C=O) groups excluding carboxylic acids is 3. The summed E-state index contributed by atoms with van der Waals surface area (Å²) in [7, 11) is 0. The Hall–Kier alpha value is -2.97. The molecule has 0 N–H and O–H groups in total. The smallest absolute Gasteiger partial charge is 0.325 e. The number of piperidine rings is 1. The van der Waals surface area contributed by atoms with Crippen molar-refractivity contribution in [1.82, 2.24) is 9.80 Å². The topological polar surface area (TPSA) is 88.6 Å².